The Morgan fingerprint density at radius 3 is 1.43 bits per heavy atom. The normalized spacial score (nSPS) is 11.2. The third kappa shape index (κ3) is 5.32. The van der Waals surface area contributed by atoms with Gasteiger partial charge in [-0.2, -0.15) is 0 Å². The van der Waals surface area contributed by atoms with Gasteiger partial charge in [0.25, 0.3) is 0 Å². The molecule has 0 fully saturated rings. The maximum atomic E-state index is 9.52. The van der Waals surface area contributed by atoms with Gasteiger partial charge in [0.1, 0.15) is 11.5 Å². The number of hydrogen-bond donors (Lipinski definition) is 2. The molecule has 0 aliphatic heterocycles. The predicted molar refractivity (Wildman–Crippen MR) is 80.5 cm³/mol. The van der Waals surface area contributed by atoms with Crippen LogP contribution in [-0.4, -0.2) is 22.6 Å². The maximum Gasteiger partial charge on any atom is 0.124 e. The van der Waals surface area contributed by atoms with E-state index in [1.165, 1.54) is 12.4 Å². The van der Waals surface area contributed by atoms with Gasteiger partial charge < -0.3 is 10.2 Å². The third-order valence-electron chi connectivity index (χ3n) is 2.54. The molecule has 0 amide bonds. The molecule has 0 heterocycles. The van der Waals surface area contributed by atoms with E-state index < -0.39 is 0 Å². The molecule has 0 unspecified atom stereocenters. The van der Waals surface area contributed by atoms with Crippen molar-refractivity contribution in [1.29, 1.82) is 0 Å². The Kier molecular flexibility index (Phi) is 7.06. The standard InChI is InChI=1S/C16H14N2O2.Zn/c19-15-7-3-1-5-13(15)11-17-9-10-18-12-14-6-2-4-8-16(14)20;/h1-12,19-20H;. The summed E-state index contributed by atoms with van der Waals surface area (Å²) in [5, 5.41) is 19.0. The Morgan fingerprint density at radius 1 is 0.667 bits per heavy atom. The number of para-hydroxylation sites is 2. The second kappa shape index (κ2) is 8.82. The molecule has 0 saturated heterocycles. The van der Waals surface area contributed by atoms with Gasteiger partial charge in [-0.25, -0.2) is 0 Å². The Bertz CT molecular complexity index is 609. The SMILES string of the molecule is Oc1ccccc1C=NC=CN=Cc1ccccc1O.[Zn]. The van der Waals surface area contributed by atoms with Crippen LogP contribution in [0.25, 0.3) is 0 Å². The van der Waals surface area contributed by atoms with Crippen LogP contribution < -0.4 is 0 Å². The van der Waals surface area contributed by atoms with Crippen LogP contribution in [0.2, 0.25) is 0 Å². The first kappa shape index (κ1) is 16.8. The molecule has 21 heavy (non-hydrogen) atoms. The molecule has 0 spiro atoms. The van der Waals surface area contributed by atoms with Gasteiger partial charge in [-0.3, -0.25) is 9.98 Å². The van der Waals surface area contributed by atoms with Crippen molar-refractivity contribution in [2.24, 2.45) is 9.98 Å². The van der Waals surface area contributed by atoms with Crippen LogP contribution in [0.3, 0.4) is 0 Å². The Morgan fingerprint density at radius 2 is 1.05 bits per heavy atom. The minimum absolute atomic E-state index is 0. The summed E-state index contributed by atoms with van der Waals surface area (Å²) in [6.45, 7) is 0. The predicted octanol–water partition coefficient (Wildman–Crippen LogP) is 3.10. The van der Waals surface area contributed by atoms with Crippen LogP contribution in [-0.2, 0) is 19.5 Å². The number of phenolic OH excluding ortho intramolecular Hbond substituents is 2. The average molecular weight is 332 g/mol. The zero-order valence-electron chi connectivity index (χ0n) is 11.4. The number of phenols is 2. The molecule has 0 radical (unpaired) electrons. The number of hydrogen-bond acceptors (Lipinski definition) is 4. The number of aliphatic imine (C=N–C) groups is 2. The van der Waals surface area contributed by atoms with Gasteiger partial charge in [-0.15, -0.1) is 0 Å². The number of benzene rings is 2. The summed E-state index contributed by atoms with van der Waals surface area (Å²) in [4.78, 5) is 8.03. The number of nitrogens with zero attached hydrogens (tertiary/aromatic N) is 2. The molecular formula is C16H14N2O2Zn. The van der Waals surface area contributed by atoms with Crippen LogP contribution in [0.5, 0.6) is 11.5 Å². The molecule has 0 bridgehead atoms. The van der Waals surface area contributed by atoms with Gasteiger partial charge in [0.15, 0.2) is 0 Å². The summed E-state index contributed by atoms with van der Waals surface area (Å²) in [7, 11) is 0. The summed E-state index contributed by atoms with van der Waals surface area (Å²) >= 11 is 0. The fraction of sp³-hybridized carbons (Fsp3) is 0. The van der Waals surface area contributed by atoms with Crippen molar-refractivity contribution >= 4 is 12.4 Å². The van der Waals surface area contributed by atoms with E-state index in [2.05, 4.69) is 9.98 Å². The largest absolute Gasteiger partial charge is 0.507 e. The Balaban J connectivity index is 0.00000220. The molecule has 5 heteroatoms. The summed E-state index contributed by atoms with van der Waals surface area (Å²) < 4.78 is 0. The quantitative estimate of drug-likeness (QED) is 0.668. The van der Waals surface area contributed by atoms with Gasteiger partial charge in [0.2, 0.25) is 0 Å². The minimum Gasteiger partial charge on any atom is -0.507 e. The van der Waals surface area contributed by atoms with Crippen molar-refractivity contribution in [3.05, 3.63) is 72.1 Å². The third-order valence-corrected chi connectivity index (χ3v) is 2.54. The molecule has 4 nitrogen and oxygen atoms in total. The monoisotopic (exact) mass is 330 g/mol. The van der Waals surface area contributed by atoms with Crippen LogP contribution in [0.4, 0.5) is 0 Å². The van der Waals surface area contributed by atoms with E-state index in [1.54, 1.807) is 48.8 Å². The Labute approximate surface area is 136 Å². The van der Waals surface area contributed by atoms with Crippen LogP contribution in [0.15, 0.2) is 70.9 Å². The number of rotatable bonds is 4. The molecule has 0 aliphatic rings. The first-order valence-electron chi connectivity index (χ1n) is 6.05. The first-order chi connectivity index (χ1) is 9.77. The van der Waals surface area contributed by atoms with Crippen LogP contribution in [0.1, 0.15) is 11.1 Å². The Hall–Kier alpha value is -2.26. The van der Waals surface area contributed by atoms with Gasteiger partial charge in [-0.05, 0) is 24.3 Å². The van der Waals surface area contributed by atoms with Crippen LogP contribution >= 0.6 is 0 Å². The smallest absolute Gasteiger partial charge is 0.124 e. The van der Waals surface area contributed by atoms with Crippen LogP contribution in [0, 0.1) is 0 Å². The second-order valence-corrected chi connectivity index (χ2v) is 3.97. The molecular weight excluding hydrogens is 318 g/mol. The summed E-state index contributed by atoms with van der Waals surface area (Å²) in [6.07, 6.45) is 6.09. The molecule has 102 valence electrons. The van der Waals surface area contributed by atoms with Crippen molar-refractivity contribution in [2.75, 3.05) is 0 Å². The van der Waals surface area contributed by atoms with E-state index in [-0.39, 0.29) is 31.0 Å². The van der Waals surface area contributed by atoms with Crippen molar-refractivity contribution < 1.29 is 29.7 Å². The molecule has 2 rings (SSSR count). The first-order valence-corrected chi connectivity index (χ1v) is 6.05. The fourth-order valence-electron chi connectivity index (χ4n) is 1.52. The molecule has 2 N–H and O–H groups in total. The summed E-state index contributed by atoms with van der Waals surface area (Å²) in [6, 6.07) is 13.9. The van der Waals surface area contributed by atoms with E-state index in [1.807, 2.05) is 12.1 Å². The van der Waals surface area contributed by atoms with Crippen molar-refractivity contribution in [3.63, 3.8) is 0 Å². The van der Waals surface area contributed by atoms with Crippen molar-refractivity contribution in [3.8, 4) is 11.5 Å². The molecule has 2 aromatic rings. The van der Waals surface area contributed by atoms with E-state index in [9.17, 15) is 10.2 Å². The molecule has 2 aromatic carbocycles. The average Bonchev–Trinajstić information content (AvgIpc) is 2.46. The van der Waals surface area contributed by atoms with E-state index in [0.717, 1.165) is 0 Å². The zero-order valence-corrected chi connectivity index (χ0v) is 14.4. The molecule has 0 saturated carbocycles. The summed E-state index contributed by atoms with van der Waals surface area (Å²) in [5.74, 6) is 0.365. The minimum atomic E-state index is 0. The van der Waals surface area contributed by atoms with E-state index >= 15 is 0 Å². The number of aromatic hydroxyl groups is 2. The molecule has 0 aliphatic carbocycles. The van der Waals surface area contributed by atoms with Gasteiger partial charge in [0, 0.05) is 55.4 Å². The van der Waals surface area contributed by atoms with E-state index in [4.69, 9.17) is 0 Å². The molecule has 0 atom stereocenters. The maximum absolute atomic E-state index is 9.52. The van der Waals surface area contributed by atoms with Gasteiger partial charge >= 0.3 is 0 Å². The van der Waals surface area contributed by atoms with Gasteiger partial charge in [0.05, 0.1) is 0 Å². The molecule has 0 aromatic heterocycles. The summed E-state index contributed by atoms with van der Waals surface area (Å²) in [5.41, 5.74) is 1.28. The topological polar surface area (TPSA) is 65.2 Å². The van der Waals surface area contributed by atoms with Gasteiger partial charge in [-0.1, -0.05) is 24.3 Å². The van der Waals surface area contributed by atoms with Crippen molar-refractivity contribution in [2.45, 2.75) is 0 Å². The van der Waals surface area contributed by atoms with E-state index in [0.29, 0.717) is 11.1 Å². The van der Waals surface area contributed by atoms with Crippen molar-refractivity contribution in [1.82, 2.24) is 0 Å². The zero-order chi connectivity index (χ0) is 14.2. The fourth-order valence-corrected chi connectivity index (χ4v) is 1.52. The second-order valence-electron chi connectivity index (χ2n) is 3.97.